The van der Waals surface area contributed by atoms with Crippen LogP contribution in [-0.4, -0.2) is 48.6 Å². The molecule has 0 aromatic heterocycles. The number of rotatable bonds is 6. The Balaban J connectivity index is 2.60. The van der Waals surface area contributed by atoms with Crippen molar-refractivity contribution in [3.8, 4) is 0 Å². The molecule has 0 radical (unpaired) electrons. The average Bonchev–Trinajstić information content (AvgIpc) is 2.44. The molecule has 1 heterocycles. The first kappa shape index (κ1) is 15.0. The summed E-state index contributed by atoms with van der Waals surface area (Å²) in [7, 11) is 0. The molecule has 2 atom stereocenters. The van der Waals surface area contributed by atoms with Gasteiger partial charge in [0.05, 0.1) is 0 Å². The zero-order valence-electron chi connectivity index (χ0n) is 11.6. The fourth-order valence-electron chi connectivity index (χ4n) is 2.20. The number of amides is 2. The van der Waals surface area contributed by atoms with Crippen LogP contribution in [0.4, 0.5) is 0 Å². The molecule has 0 aliphatic carbocycles. The quantitative estimate of drug-likeness (QED) is 0.719. The Hall–Kier alpha value is -1.10. The van der Waals surface area contributed by atoms with Gasteiger partial charge in [0.2, 0.25) is 11.8 Å². The first-order chi connectivity index (χ1) is 8.60. The van der Waals surface area contributed by atoms with Crippen LogP contribution in [0.5, 0.6) is 0 Å². The summed E-state index contributed by atoms with van der Waals surface area (Å²) < 4.78 is 5.28. The van der Waals surface area contributed by atoms with Crippen molar-refractivity contribution in [1.29, 1.82) is 0 Å². The molecule has 0 aromatic rings. The SMILES string of the molecule is CCOCCCN1C(=O)C(CC)NC(=O)CC1C. The molecule has 5 heteroatoms. The number of nitrogens with zero attached hydrogens (tertiary/aromatic N) is 1. The molecule has 1 aliphatic rings. The molecular formula is C13H24N2O3. The monoisotopic (exact) mass is 256 g/mol. The standard InChI is InChI=1S/C13H24N2O3/c1-4-11-13(17)15(7-6-8-18-5-2)10(3)9-12(16)14-11/h10-11H,4-9H2,1-3H3,(H,14,16). The first-order valence-electron chi connectivity index (χ1n) is 6.77. The molecule has 1 aliphatic heterocycles. The van der Waals surface area contributed by atoms with Gasteiger partial charge in [-0.05, 0) is 26.7 Å². The third-order valence-electron chi connectivity index (χ3n) is 3.23. The highest BCUT2D eigenvalue weighted by Crippen LogP contribution is 2.13. The summed E-state index contributed by atoms with van der Waals surface area (Å²) in [4.78, 5) is 25.7. The molecule has 104 valence electrons. The molecule has 0 spiro atoms. The maximum atomic E-state index is 12.3. The van der Waals surface area contributed by atoms with Crippen LogP contribution in [0.1, 0.15) is 40.0 Å². The predicted octanol–water partition coefficient (Wildman–Crippen LogP) is 0.929. The van der Waals surface area contributed by atoms with E-state index in [1.165, 1.54) is 0 Å². The highest BCUT2D eigenvalue weighted by Gasteiger charge is 2.32. The first-order valence-corrected chi connectivity index (χ1v) is 6.77. The molecular weight excluding hydrogens is 232 g/mol. The molecule has 1 fully saturated rings. The molecule has 0 saturated carbocycles. The van der Waals surface area contributed by atoms with Crippen molar-refractivity contribution < 1.29 is 14.3 Å². The van der Waals surface area contributed by atoms with Crippen LogP contribution in [0.15, 0.2) is 0 Å². The van der Waals surface area contributed by atoms with Gasteiger partial charge in [0.15, 0.2) is 0 Å². The molecule has 5 nitrogen and oxygen atoms in total. The van der Waals surface area contributed by atoms with E-state index in [0.717, 1.165) is 6.42 Å². The van der Waals surface area contributed by atoms with E-state index in [2.05, 4.69) is 5.32 Å². The Bertz CT molecular complexity index is 294. The van der Waals surface area contributed by atoms with Gasteiger partial charge in [-0.15, -0.1) is 0 Å². The lowest BCUT2D eigenvalue weighted by atomic mass is 10.1. The zero-order chi connectivity index (χ0) is 13.5. The highest BCUT2D eigenvalue weighted by molar-refractivity contribution is 5.90. The molecule has 0 aromatic carbocycles. The lowest BCUT2D eigenvalue weighted by Gasteiger charge is -2.28. The number of carbonyl (C=O) groups is 2. The minimum atomic E-state index is -0.366. The Kier molecular flexibility index (Phi) is 6.12. The van der Waals surface area contributed by atoms with E-state index >= 15 is 0 Å². The smallest absolute Gasteiger partial charge is 0.245 e. The van der Waals surface area contributed by atoms with Crippen LogP contribution in [0.25, 0.3) is 0 Å². The predicted molar refractivity (Wildman–Crippen MR) is 69.1 cm³/mol. The summed E-state index contributed by atoms with van der Waals surface area (Å²) >= 11 is 0. The minimum Gasteiger partial charge on any atom is -0.382 e. The topological polar surface area (TPSA) is 58.6 Å². The number of hydrogen-bond acceptors (Lipinski definition) is 3. The molecule has 1 saturated heterocycles. The van der Waals surface area contributed by atoms with Crippen LogP contribution >= 0.6 is 0 Å². The van der Waals surface area contributed by atoms with E-state index in [1.54, 1.807) is 0 Å². The van der Waals surface area contributed by atoms with Gasteiger partial charge in [0, 0.05) is 32.2 Å². The Morgan fingerprint density at radius 2 is 2.11 bits per heavy atom. The second kappa shape index (κ2) is 7.36. The van der Waals surface area contributed by atoms with Crippen molar-refractivity contribution in [1.82, 2.24) is 10.2 Å². The molecule has 18 heavy (non-hydrogen) atoms. The van der Waals surface area contributed by atoms with Gasteiger partial charge in [0.1, 0.15) is 6.04 Å². The maximum absolute atomic E-state index is 12.3. The molecule has 2 amide bonds. The zero-order valence-corrected chi connectivity index (χ0v) is 11.6. The maximum Gasteiger partial charge on any atom is 0.245 e. The summed E-state index contributed by atoms with van der Waals surface area (Å²) in [5.74, 6) is 0.00218. The van der Waals surface area contributed by atoms with Crippen molar-refractivity contribution in [2.45, 2.75) is 52.1 Å². The van der Waals surface area contributed by atoms with Crippen molar-refractivity contribution in [3.05, 3.63) is 0 Å². The third-order valence-corrected chi connectivity index (χ3v) is 3.23. The average molecular weight is 256 g/mol. The fourth-order valence-corrected chi connectivity index (χ4v) is 2.20. The molecule has 1 N–H and O–H groups in total. The summed E-state index contributed by atoms with van der Waals surface area (Å²) in [6.07, 6.45) is 1.84. The van der Waals surface area contributed by atoms with Crippen molar-refractivity contribution in [2.75, 3.05) is 19.8 Å². The lowest BCUT2D eigenvalue weighted by Crippen LogP contribution is -2.46. The van der Waals surface area contributed by atoms with E-state index in [1.807, 2.05) is 25.7 Å². The second-order valence-corrected chi connectivity index (χ2v) is 4.66. The number of ether oxygens (including phenoxy) is 1. The van der Waals surface area contributed by atoms with Gasteiger partial charge in [0.25, 0.3) is 0 Å². The molecule has 2 unspecified atom stereocenters. The highest BCUT2D eigenvalue weighted by atomic mass is 16.5. The van der Waals surface area contributed by atoms with E-state index < -0.39 is 0 Å². The van der Waals surface area contributed by atoms with Gasteiger partial charge in [-0.25, -0.2) is 0 Å². The van der Waals surface area contributed by atoms with Crippen LogP contribution in [0, 0.1) is 0 Å². The fraction of sp³-hybridized carbons (Fsp3) is 0.846. The summed E-state index contributed by atoms with van der Waals surface area (Å²) in [5.41, 5.74) is 0. The lowest BCUT2D eigenvalue weighted by molar-refractivity contribution is -0.135. The van der Waals surface area contributed by atoms with Gasteiger partial charge in [-0.2, -0.15) is 0 Å². The van der Waals surface area contributed by atoms with Crippen LogP contribution in [0.3, 0.4) is 0 Å². The van der Waals surface area contributed by atoms with Crippen molar-refractivity contribution in [2.24, 2.45) is 0 Å². The van der Waals surface area contributed by atoms with Gasteiger partial charge in [-0.1, -0.05) is 6.92 Å². The Morgan fingerprint density at radius 1 is 1.39 bits per heavy atom. The normalized spacial score (nSPS) is 24.9. The van der Waals surface area contributed by atoms with E-state index in [0.29, 0.717) is 32.6 Å². The molecule has 1 rings (SSSR count). The van der Waals surface area contributed by atoms with Crippen LogP contribution in [0.2, 0.25) is 0 Å². The van der Waals surface area contributed by atoms with E-state index in [9.17, 15) is 9.59 Å². The second-order valence-electron chi connectivity index (χ2n) is 4.66. The van der Waals surface area contributed by atoms with E-state index in [-0.39, 0.29) is 23.9 Å². The summed E-state index contributed by atoms with van der Waals surface area (Å²) in [6, 6.07) is -0.398. The van der Waals surface area contributed by atoms with Gasteiger partial charge >= 0.3 is 0 Å². The Labute approximate surface area is 109 Å². The van der Waals surface area contributed by atoms with Crippen LogP contribution < -0.4 is 5.32 Å². The van der Waals surface area contributed by atoms with Crippen molar-refractivity contribution in [3.63, 3.8) is 0 Å². The van der Waals surface area contributed by atoms with E-state index in [4.69, 9.17) is 4.74 Å². The number of hydrogen-bond donors (Lipinski definition) is 1. The van der Waals surface area contributed by atoms with Crippen molar-refractivity contribution >= 4 is 11.8 Å². The number of nitrogens with one attached hydrogen (secondary N) is 1. The minimum absolute atomic E-state index is 0.0318. The summed E-state index contributed by atoms with van der Waals surface area (Å²) in [6.45, 7) is 7.81. The van der Waals surface area contributed by atoms with Crippen LogP contribution in [-0.2, 0) is 14.3 Å². The van der Waals surface area contributed by atoms with Gasteiger partial charge < -0.3 is 15.0 Å². The largest absolute Gasteiger partial charge is 0.382 e. The number of carbonyl (C=O) groups excluding carboxylic acids is 2. The Morgan fingerprint density at radius 3 is 2.72 bits per heavy atom. The van der Waals surface area contributed by atoms with Gasteiger partial charge in [-0.3, -0.25) is 9.59 Å². The molecule has 0 bridgehead atoms. The summed E-state index contributed by atoms with van der Waals surface area (Å²) in [5, 5.41) is 2.78. The third kappa shape index (κ3) is 3.98.